The van der Waals surface area contributed by atoms with E-state index >= 15 is 0 Å². The van der Waals surface area contributed by atoms with Crippen molar-refractivity contribution in [2.24, 2.45) is 5.10 Å². The molecular formula is C11H13F3N2O2. The third kappa shape index (κ3) is 3.44. The summed E-state index contributed by atoms with van der Waals surface area (Å²) in [6.07, 6.45) is -1.08. The molecule has 4 nitrogen and oxygen atoms in total. The highest BCUT2D eigenvalue weighted by atomic mass is 19.2. The van der Waals surface area contributed by atoms with Crippen molar-refractivity contribution < 1.29 is 23.0 Å². The number of hydrogen-bond donors (Lipinski definition) is 2. The van der Waals surface area contributed by atoms with E-state index in [2.05, 4.69) is 15.3 Å². The molecule has 1 rings (SSSR count). The maximum absolute atomic E-state index is 13.1. The Morgan fingerprint density at radius 1 is 1.39 bits per heavy atom. The zero-order valence-electron chi connectivity index (χ0n) is 9.88. The van der Waals surface area contributed by atoms with E-state index in [0.29, 0.717) is 0 Å². The number of nitrogens with one attached hydrogen (secondary N) is 1. The molecule has 1 unspecified atom stereocenters. The fraction of sp³-hybridized carbons (Fsp3) is 0.364. The molecule has 0 bridgehead atoms. The van der Waals surface area contributed by atoms with Crippen molar-refractivity contribution in [3.05, 3.63) is 35.1 Å². The van der Waals surface area contributed by atoms with Gasteiger partial charge in [0, 0.05) is 12.7 Å². The normalized spacial score (nSPS) is 13.6. The van der Waals surface area contributed by atoms with Gasteiger partial charge in [0.05, 0.1) is 11.8 Å². The van der Waals surface area contributed by atoms with Gasteiger partial charge >= 0.3 is 0 Å². The molecule has 0 fully saturated rings. The van der Waals surface area contributed by atoms with Crippen LogP contribution >= 0.6 is 0 Å². The van der Waals surface area contributed by atoms with Gasteiger partial charge in [0.2, 0.25) is 0 Å². The van der Waals surface area contributed by atoms with E-state index in [9.17, 15) is 18.3 Å². The molecule has 0 aliphatic carbocycles. The van der Waals surface area contributed by atoms with Gasteiger partial charge in [-0.2, -0.15) is 5.10 Å². The van der Waals surface area contributed by atoms with Gasteiger partial charge in [-0.05, 0) is 19.1 Å². The van der Waals surface area contributed by atoms with Crippen molar-refractivity contribution in [1.29, 1.82) is 0 Å². The van der Waals surface area contributed by atoms with Gasteiger partial charge in [0.1, 0.15) is 6.73 Å². The molecule has 0 aliphatic heterocycles. The molecule has 1 atom stereocenters. The summed E-state index contributed by atoms with van der Waals surface area (Å²) in [6.45, 7) is 1.43. The molecule has 100 valence electrons. The summed E-state index contributed by atoms with van der Waals surface area (Å²) >= 11 is 0. The zero-order chi connectivity index (χ0) is 13.7. The first-order valence-corrected chi connectivity index (χ1v) is 5.09. The topological polar surface area (TPSA) is 53.8 Å². The number of aliphatic hydroxyl groups excluding tert-OH is 1. The van der Waals surface area contributed by atoms with E-state index in [0.717, 1.165) is 12.1 Å². The minimum atomic E-state index is -1.56. The predicted molar refractivity (Wildman–Crippen MR) is 59.5 cm³/mol. The number of halogens is 3. The van der Waals surface area contributed by atoms with Crippen LogP contribution in [0.15, 0.2) is 17.2 Å². The quantitative estimate of drug-likeness (QED) is 0.277. The third-order valence-electron chi connectivity index (χ3n) is 2.08. The van der Waals surface area contributed by atoms with E-state index in [1.165, 1.54) is 14.0 Å². The van der Waals surface area contributed by atoms with E-state index in [1.807, 2.05) is 0 Å². The summed E-state index contributed by atoms with van der Waals surface area (Å²) in [5.74, 6) is -4.25. The van der Waals surface area contributed by atoms with E-state index in [4.69, 9.17) is 0 Å². The van der Waals surface area contributed by atoms with E-state index in [1.54, 1.807) is 0 Å². The third-order valence-corrected chi connectivity index (χ3v) is 2.08. The molecule has 2 N–H and O–H groups in total. The fourth-order valence-corrected chi connectivity index (χ4v) is 1.28. The Morgan fingerprint density at radius 3 is 2.39 bits per heavy atom. The molecule has 1 aromatic carbocycles. The Bertz CT molecular complexity index is 427. The Morgan fingerprint density at radius 2 is 1.94 bits per heavy atom. The molecule has 0 aromatic heterocycles. The highest BCUT2D eigenvalue weighted by Gasteiger charge is 2.16. The lowest BCUT2D eigenvalue weighted by atomic mass is 10.1. The molecule has 0 saturated heterocycles. The summed E-state index contributed by atoms with van der Waals surface area (Å²) in [7, 11) is 1.42. The minimum Gasteiger partial charge on any atom is -0.387 e. The SMILES string of the molecule is COCN/N=C(\c1cc(F)c(F)c(F)c1)C(C)O. The number of hydrazone groups is 1. The maximum atomic E-state index is 13.1. The monoisotopic (exact) mass is 262 g/mol. The average molecular weight is 262 g/mol. The molecule has 0 spiro atoms. The van der Waals surface area contributed by atoms with Crippen molar-refractivity contribution >= 4 is 5.71 Å². The van der Waals surface area contributed by atoms with Crippen LogP contribution in [0.5, 0.6) is 0 Å². The van der Waals surface area contributed by atoms with Crippen molar-refractivity contribution in [3.63, 3.8) is 0 Å². The van der Waals surface area contributed by atoms with Crippen LogP contribution in [0, 0.1) is 17.5 Å². The molecule has 7 heteroatoms. The Hall–Kier alpha value is -1.60. The van der Waals surface area contributed by atoms with Crippen LogP contribution in [0.3, 0.4) is 0 Å². The largest absolute Gasteiger partial charge is 0.387 e. The molecule has 1 aromatic rings. The first kappa shape index (κ1) is 14.5. The van der Waals surface area contributed by atoms with Crippen LogP contribution in [0.25, 0.3) is 0 Å². The highest BCUT2D eigenvalue weighted by molar-refractivity contribution is 6.03. The predicted octanol–water partition coefficient (Wildman–Crippen LogP) is 1.38. The lowest BCUT2D eigenvalue weighted by Crippen LogP contribution is -2.23. The van der Waals surface area contributed by atoms with Crippen LogP contribution < -0.4 is 5.43 Å². The zero-order valence-corrected chi connectivity index (χ0v) is 9.88. The van der Waals surface area contributed by atoms with Gasteiger partial charge in [0.25, 0.3) is 0 Å². The minimum absolute atomic E-state index is 0.0233. The van der Waals surface area contributed by atoms with Gasteiger partial charge in [-0.15, -0.1) is 0 Å². The Labute approximate surface area is 102 Å². The summed E-state index contributed by atoms with van der Waals surface area (Å²) in [4.78, 5) is 0. The lowest BCUT2D eigenvalue weighted by molar-refractivity contribution is 0.176. The summed E-state index contributed by atoms with van der Waals surface area (Å²) < 4.78 is 43.6. The smallest absolute Gasteiger partial charge is 0.194 e. The highest BCUT2D eigenvalue weighted by Crippen LogP contribution is 2.15. The lowest BCUT2D eigenvalue weighted by Gasteiger charge is -2.11. The van der Waals surface area contributed by atoms with Crippen LogP contribution in [-0.4, -0.2) is 30.8 Å². The molecule has 0 radical (unpaired) electrons. The number of hydrogen-bond acceptors (Lipinski definition) is 4. The van der Waals surface area contributed by atoms with Crippen LogP contribution in [-0.2, 0) is 4.74 Å². The second-order valence-corrected chi connectivity index (χ2v) is 3.52. The number of rotatable bonds is 5. The second-order valence-electron chi connectivity index (χ2n) is 3.52. The standard InChI is InChI=1S/C11H13F3N2O2/c1-6(17)11(16-15-5-18-2)7-3-8(12)10(14)9(13)4-7/h3-4,6,15,17H,5H2,1-2H3/b16-11-. The number of ether oxygens (including phenoxy) is 1. The van der Waals surface area contributed by atoms with Crippen LogP contribution in [0.2, 0.25) is 0 Å². The van der Waals surface area contributed by atoms with Crippen molar-refractivity contribution in [3.8, 4) is 0 Å². The molecule has 18 heavy (non-hydrogen) atoms. The van der Waals surface area contributed by atoms with Gasteiger partial charge in [-0.3, -0.25) is 5.43 Å². The summed E-state index contributed by atoms with van der Waals surface area (Å²) in [5.41, 5.74) is 2.36. The molecule has 0 amide bonds. The molecule has 0 heterocycles. The number of aliphatic hydroxyl groups is 1. The van der Waals surface area contributed by atoms with Crippen molar-refractivity contribution in [1.82, 2.24) is 5.43 Å². The summed E-state index contributed by atoms with van der Waals surface area (Å²) in [6, 6.07) is 1.52. The number of methoxy groups -OCH3 is 1. The van der Waals surface area contributed by atoms with E-state index in [-0.39, 0.29) is 18.0 Å². The Balaban J connectivity index is 3.10. The molecule has 0 aliphatic rings. The van der Waals surface area contributed by atoms with Crippen LogP contribution in [0.1, 0.15) is 12.5 Å². The fourth-order valence-electron chi connectivity index (χ4n) is 1.28. The van der Waals surface area contributed by atoms with Gasteiger partial charge in [-0.1, -0.05) is 0 Å². The molecular weight excluding hydrogens is 249 g/mol. The van der Waals surface area contributed by atoms with Crippen LogP contribution in [0.4, 0.5) is 13.2 Å². The van der Waals surface area contributed by atoms with Gasteiger partial charge < -0.3 is 9.84 Å². The van der Waals surface area contributed by atoms with E-state index < -0.39 is 23.6 Å². The average Bonchev–Trinajstić information content (AvgIpc) is 2.30. The van der Waals surface area contributed by atoms with Crippen molar-refractivity contribution in [2.75, 3.05) is 13.8 Å². The number of benzene rings is 1. The summed E-state index contributed by atoms with van der Waals surface area (Å²) in [5, 5.41) is 13.2. The maximum Gasteiger partial charge on any atom is 0.194 e. The van der Waals surface area contributed by atoms with Gasteiger partial charge in [-0.25, -0.2) is 13.2 Å². The Kier molecular flexibility index (Phi) is 5.11. The van der Waals surface area contributed by atoms with Gasteiger partial charge in [0.15, 0.2) is 17.5 Å². The first-order chi connectivity index (χ1) is 8.47. The molecule has 0 saturated carbocycles. The van der Waals surface area contributed by atoms with Crippen molar-refractivity contribution in [2.45, 2.75) is 13.0 Å². The first-order valence-electron chi connectivity index (χ1n) is 5.09. The number of nitrogens with zero attached hydrogens (tertiary/aromatic N) is 1. The second kappa shape index (κ2) is 6.36.